The van der Waals surface area contributed by atoms with Crippen LogP contribution in [0, 0.1) is 6.92 Å². The van der Waals surface area contributed by atoms with Gasteiger partial charge >= 0.3 is 0 Å². The maximum atomic E-state index is 12.5. The van der Waals surface area contributed by atoms with Gasteiger partial charge in [0.05, 0.1) is 18.0 Å². The van der Waals surface area contributed by atoms with Crippen molar-refractivity contribution in [1.29, 1.82) is 0 Å². The van der Waals surface area contributed by atoms with Crippen molar-refractivity contribution in [2.75, 3.05) is 24.2 Å². The predicted molar refractivity (Wildman–Crippen MR) is 135 cm³/mol. The molecule has 0 bridgehead atoms. The van der Waals surface area contributed by atoms with Crippen LogP contribution in [-0.2, 0) is 11.2 Å². The van der Waals surface area contributed by atoms with E-state index in [0.29, 0.717) is 53.1 Å². The molecular weight excluding hydrogens is 464 g/mol. The summed E-state index contributed by atoms with van der Waals surface area (Å²) in [6.07, 6.45) is 0.467. The van der Waals surface area contributed by atoms with Gasteiger partial charge < -0.3 is 15.4 Å². The lowest BCUT2D eigenvalue weighted by molar-refractivity contribution is -0.113. The van der Waals surface area contributed by atoms with E-state index in [-0.39, 0.29) is 17.6 Å². The lowest BCUT2D eigenvalue weighted by Crippen LogP contribution is -2.26. The molecule has 2 heterocycles. The average molecular weight is 491 g/mol. The van der Waals surface area contributed by atoms with Crippen molar-refractivity contribution in [2.45, 2.75) is 25.3 Å². The van der Waals surface area contributed by atoms with Crippen molar-refractivity contribution in [3.8, 4) is 5.75 Å². The summed E-state index contributed by atoms with van der Waals surface area (Å²) in [5.74, 6) is 1.15. The van der Waals surface area contributed by atoms with Crippen LogP contribution < -0.4 is 15.4 Å². The topological polar surface area (TPSA) is 111 Å². The van der Waals surface area contributed by atoms with E-state index in [1.54, 1.807) is 34.8 Å². The van der Waals surface area contributed by atoms with Crippen molar-refractivity contribution in [2.24, 2.45) is 0 Å². The minimum absolute atomic E-state index is 0.139. The number of rotatable bonds is 10. The molecule has 2 aromatic heterocycles. The molecule has 2 N–H and O–H groups in total. The molecule has 2 aromatic carbocycles. The first-order valence-electron chi connectivity index (χ1n) is 11.2. The number of nitrogens with zero attached hydrogens (tertiary/aromatic N) is 4. The average Bonchev–Trinajstić information content (AvgIpc) is 3.26. The van der Waals surface area contributed by atoms with E-state index in [2.05, 4.69) is 25.9 Å². The van der Waals surface area contributed by atoms with Gasteiger partial charge in [0.15, 0.2) is 11.5 Å². The van der Waals surface area contributed by atoms with Gasteiger partial charge in [-0.1, -0.05) is 41.6 Å². The summed E-state index contributed by atoms with van der Waals surface area (Å²) in [5.41, 5.74) is 2.95. The van der Waals surface area contributed by atoms with Gasteiger partial charge in [0, 0.05) is 18.5 Å². The van der Waals surface area contributed by atoms with Crippen LogP contribution in [0.25, 0.3) is 5.65 Å². The molecule has 0 fully saturated rings. The van der Waals surface area contributed by atoms with Gasteiger partial charge in [-0.2, -0.15) is 9.61 Å². The number of thioether (sulfide) groups is 1. The third kappa shape index (κ3) is 6.36. The quantitative estimate of drug-likeness (QED) is 0.327. The zero-order valence-electron chi connectivity index (χ0n) is 19.5. The Morgan fingerprint density at radius 3 is 2.63 bits per heavy atom. The Bertz CT molecular complexity index is 1320. The Hall–Kier alpha value is -3.92. The van der Waals surface area contributed by atoms with E-state index >= 15 is 0 Å². The summed E-state index contributed by atoms with van der Waals surface area (Å²) in [6.45, 7) is 4.79. The maximum Gasteiger partial charge on any atom is 0.251 e. The molecule has 0 aliphatic heterocycles. The molecule has 10 heteroatoms. The third-order valence-corrected chi connectivity index (χ3v) is 5.98. The Balaban J connectivity index is 1.33. The molecule has 0 aliphatic rings. The fourth-order valence-corrected chi connectivity index (χ4v) is 3.98. The van der Waals surface area contributed by atoms with Crippen molar-refractivity contribution in [1.82, 2.24) is 25.1 Å². The van der Waals surface area contributed by atoms with Gasteiger partial charge in [-0.3, -0.25) is 9.59 Å². The van der Waals surface area contributed by atoms with E-state index in [9.17, 15) is 9.59 Å². The van der Waals surface area contributed by atoms with Crippen molar-refractivity contribution in [3.63, 3.8) is 0 Å². The number of aryl methyl sites for hydroxylation is 1. The van der Waals surface area contributed by atoms with Crippen LogP contribution in [0.3, 0.4) is 0 Å². The summed E-state index contributed by atoms with van der Waals surface area (Å²) >= 11 is 1.31. The van der Waals surface area contributed by atoms with Gasteiger partial charge in [0.1, 0.15) is 10.8 Å². The zero-order chi connectivity index (χ0) is 24.6. The van der Waals surface area contributed by atoms with E-state index in [4.69, 9.17) is 4.74 Å². The molecule has 9 nitrogen and oxygen atoms in total. The monoisotopic (exact) mass is 490 g/mol. The standard InChI is InChI=1S/C25H26N6O3S/c1-3-34-20-7-5-4-6-19(20)27-23(32)16-35-24-13-12-21-28-29-22(31(21)30-24)14-15-26-25(33)18-10-8-17(2)9-11-18/h4-13H,3,14-16H2,1-2H3,(H,26,33)(H,27,32). The van der Waals surface area contributed by atoms with Gasteiger partial charge in [-0.15, -0.1) is 10.2 Å². The Morgan fingerprint density at radius 2 is 1.83 bits per heavy atom. The Kier molecular flexibility index (Phi) is 7.94. The van der Waals surface area contributed by atoms with E-state index < -0.39 is 0 Å². The number of carbonyl (C=O) groups is 2. The lowest BCUT2D eigenvalue weighted by Gasteiger charge is -2.11. The number of nitrogens with one attached hydrogen (secondary N) is 2. The first-order chi connectivity index (χ1) is 17.0. The third-order valence-electron chi connectivity index (χ3n) is 5.06. The normalized spacial score (nSPS) is 10.8. The molecule has 180 valence electrons. The van der Waals surface area contributed by atoms with E-state index in [0.717, 1.165) is 5.56 Å². The van der Waals surface area contributed by atoms with E-state index in [1.807, 2.05) is 44.2 Å². The van der Waals surface area contributed by atoms with Crippen molar-refractivity contribution >= 4 is 34.9 Å². The highest BCUT2D eigenvalue weighted by Crippen LogP contribution is 2.24. The summed E-state index contributed by atoms with van der Waals surface area (Å²) in [5, 5.41) is 19.3. The summed E-state index contributed by atoms with van der Waals surface area (Å²) in [7, 11) is 0. The molecule has 0 unspecified atom stereocenters. The molecule has 4 aromatic rings. The largest absolute Gasteiger partial charge is 0.492 e. The van der Waals surface area contributed by atoms with Crippen LogP contribution in [0.5, 0.6) is 5.75 Å². The van der Waals surface area contributed by atoms with Crippen LogP contribution in [0.4, 0.5) is 5.69 Å². The lowest BCUT2D eigenvalue weighted by atomic mass is 10.1. The fourth-order valence-electron chi connectivity index (χ4n) is 3.32. The zero-order valence-corrected chi connectivity index (χ0v) is 20.3. The number of carbonyl (C=O) groups excluding carboxylic acids is 2. The number of anilines is 1. The summed E-state index contributed by atoms with van der Waals surface area (Å²) < 4.78 is 7.19. The predicted octanol–water partition coefficient (Wildman–Crippen LogP) is 3.53. The van der Waals surface area contributed by atoms with Crippen LogP contribution >= 0.6 is 11.8 Å². The minimum atomic E-state index is -0.160. The molecule has 0 saturated carbocycles. The second-order valence-electron chi connectivity index (χ2n) is 7.70. The molecule has 4 rings (SSSR count). The van der Waals surface area contributed by atoms with Crippen LogP contribution in [0.1, 0.15) is 28.7 Å². The Morgan fingerprint density at radius 1 is 1.03 bits per heavy atom. The first-order valence-corrected chi connectivity index (χ1v) is 12.2. The molecule has 2 amide bonds. The minimum Gasteiger partial charge on any atom is -0.492 e. The highest BCUT2D eigenvalue weighted by molar-refractivity contribution is 7.99. The number of amides is 2. The highest BCUT2D eigenvalue weighted by atomic mass is 32.2. The van der Waals surface area contributed by atoms with Gasteiger partial charge in [0.2, 0.25) is 5.91 Å². The SMILES string of the molecule is CCOc1ccccc1NC(=O)CSc1ccc2nnc(CCNC(=O)c3ccc(C)cc3)n2n1. The smallest absolute Gasteiger partial charge is 0.251 e. The van der Waals surface area contributed by atoms with Gasteiger partial charge in [0.25, 0.3) is 5.91 Å². The number of hydrogen-bond donors (Lipinski definition) is 2. The van der Waals surface area contributed by atoms with Crippen LogP contribution in [0.2, 0.25) is 0 Å². The summed E-state index contributed by atoms with van der Waals surface area (Å²) in [4.78, 5) is 24.8. The Labute approximate surface area is 207 Å². The number of fused-ring (bicyclic) bond motifs is 1. The molecule has 0 saturated heterocycles. The van der Waals surface area contributed by atoms with Crippen LogP contribution in [0.15, 0.2) is 65.7 Å². The number of ether oxygens (including phenoxy) is 1. The second kappa shape index (κ2) is 11.5. The van der Waals surface area contributed by atoms with E-state index in [1.165, 1.54) is 11.8 Å². The second-order valence-corrected chi connectivity index (χ2v) is 8.69. The molecular formula is C25H26N6O3S. The number of hydrogen-bond acceptors (Lipinski definition) is 7. The van der Waals surface area contributed by atoms with Crippen molar-refractivity contribution < 1.29 is 14.3 Å². The number of benzene rings is 2. The van der Waals surface area contributed by atoms with Gasteiger partial charge in [-0.25, -0.2) is 0 Å². The molecule has 0 atom stereocenters. The molecule has 0 aliphatic carbocycles. The highest BCUT2D eigenvalue weighted by Gasteiger charge is 2.12. The van der Waals surface area contributed by atoms with Gasteiger partial charge in [-0.05, 0) is 50.2 Å². The number of aromatic nitrogens is 4. The fraction of sp³-hybridized carbons (Fsp3) is 0.240. The molecule has 0 spiro atoms. The molecule has 35 heavy (non-hydrogen) atoms. The van der Waals surface area contributed by atoms with Crippen LogP contribution in [-0.4, -0.2) is 50.5 Å². The number of para-hydroxylation sites is 2. The summed E-state index contributed by atoms with van der Waals surface area (Å²) in [6, 6.07) is 18.3. The maximum absolute atomic E-state index is 12.5. The molecule has 0 radical (unpaired) electrons. The first kappa shape index (κ1) is 24.2. The van der Waals surface area contributed by atoms with Crippen molar-refractivity contribution in [3.05, 3.63) is 77.6 Å².